The van der Waals surface area contributed by atoms with Gasteiger partial charge in [0.1, 0.15) is 22.1 Å². The molecule has 3 rings (SSSR count). The van der Waals surface area contributed by atoms with Gasteiger partial charge in [-0.3, -0.25) is 4.79 Å². The van der Waals surface area contributed by atoms with Crippen LogP contribution < -0.4 is 4.74 Å². The largest absolute Gasteiger partial charge is 0.506 e. The van der Waals surface area contributed by atoms with E-state index < -0.39 is 24.5 Å². The van der Waals surface area contributed by atoms with Gasteiger partial charge in [0, 0.05) is 11.1 Å². The Balaban J connectivity index is 2.02. The smallest absolute Gasteiger partial charge is 0.344 e. The van der Waals surface area contributed by atoms with Crippen molar-refractivity contribution in [1.29, 1.82) is 0 Å². The maximum atomic E-state index is 12.8. The van der Waals surface area contributed by atoms with Crippen LogP contribution in [0, 0.1) is 6.92 Å². The highest BCUT2D eigenvalue weighted by atomic mass is 32.2. The molecule has 0 atom stereocenters. The van der Waals surface area contributed by atoms with Crippen LogP contribution in [-0.2, 0) is 14.3 Å². The Morgan fingerprint density at radius 2 is 1.79 bits per heavy atom. The number of para-hydroxylation sites is 1. The molecule has 0 aromatic heterocycles. The molecule has 0 saturated carbocycles. The minimum Gasteiger partial charge on any atom is -0.506 e. The van der Waals surface area contributed by atoms with Crippen molar-refractivity contribution in [2.75, 3.05) is 13.2 Å². The third kappa shape index (κ3) is 5.69. The van der Waals surface area contributed by atoms with Crippen molar-refractivity contribution in [3.63, 3.8) is 0 Å². The zero-order chi connectivity index (χ0) is 24.0. The minimum atomic E-state index is -1.14. The summed E-state index contributed by atoms with van der Waals surface area (Å²) < 4.78 is 10.3. The van der Waals surface area contributed by atoms with E-state index in [2.05, 4.69) is 4.99 Å². The van der Waals surface area contributed by atoms with Crippen LogP contribution in [0.15, 0.2) is 69.8 Å². The molecular weight excluding hydrogens is 446 g/mol. The van der Waals surface area contributed by atoms with Crippen molar-refractivity contribution in [3.8, 4) is 5.75 Å². The van der Waals surface area contributed by atoms with E-state index in [0.29, 0.717) is 11.1 Å². The number of carboxylic acid groups (broad SMARTS) is 1. The molecule has 0 fully saturated rings. The molecule has 9 heteroatoms. The Hall–Kier alpha value is -3.85. The summed E-state index contributed by atoms with van der Waals surface area (Å²) in [5.74, 6) is -2.61. The molecule has 0 spiro atoms. The number of aryl methyl sites for hydroxylation is 1. The highest BCUT2D eigenvalue weighted by molar-refractivity contribution is 8.18. The summed E-state index contributed by atoms with van der Waals surface area (Å²) >= 11 is 0.931. The third-order valence-corrected chi connectivity index (χ3v) is 5.53. The molecule has 0 unspecified atom stereocenters. The molecule has 0 bridgehead atoms. The lowest BCUT2D eigenvalue weighted by Gasteiger charge is -2.07. The lowest BCUT2D eigenvalue weighted by atomic mass is 10.1. The summed E-state index contributed by atoms with van der Waals surface area (Å²) in [4.78, 5) is 40.5. The maximum Gasteiger partial charge on any atom is 0.344 e. The van der Waals surface area contributed by atoms with Gasteiger partial charge in [-0.1, -0.05) is 48.2 Å². The van der Waals surface area contributed by atoms with Crippen molar-refractivity contribution in [3.05, 3.63) is 81.5 Å². The molecule has 170 valence electrons. The quantitative estimate of drug-likeness (QED) is 0.582. The van der Waals surface area contributed by atoms with E-state index >= 15 is 0 Å². The van der Waals surface area contributed by atoms with Gasteiger partial charge in [0.05, 0.1) is 11.5 Å². The van der Waals surface area contributed by atoms with Gasteiger partial charge >= 0.3 is 11.9 Å². The Morgan fingerprint density at radius 1 is 1.09 bits per heavy atom. The number of benzene rings is 2. The Kier molecular flexibility index (Phi) is 7.68. The Labute approximate surface area is 194 Å². The molecular formula is C24H21NO7S. The van der Waals surface area contributed by atoms with Crippen molar-refractivity contribution in [1.82, 2.24) is 0 Å². The van der Waals surface area contributed by atoms with Gasteiger partial charge in [-0.15, -0.1) is 0 Å². The number of nitrogens with zero attached hydrogens (tertiary/aromatic N) is 1. The first-order chi connectivity index (χ1) is 15.8. The van der Waals surface area contributed by atoms with Crippen molar-refractivity contribution < 1.29 is 34.1 Å². The molecule has 2 aromatic carbocycles. The molecule has 0 aliphatic carbocycles. The molecule has 0 radical (unpaired) electrons. The van der Waals surface area contributed by atoms with Gasteiger partial charge in [0.15, 0.2) is 6.61 Å². The van der Waals surface area contributed by atoms with Gasteiger partial charge in [-0.2, -0.15) is 0 Å². The molecule has 1 amide bonds. The molecule has 8 nitrogen and oxygen atoms in total. The predicted molar refractivity (Wildman–Crippen MR) is 124 cm³/mol. The lowest BCUT2D eigenvalue weighted by molar-refractivity contribution is -0.139. The number of hydrogen-bond acceptors (Lipinski definition) is 7. The summed E-state index contributed by atoms with van der Waals surface area (Å²) in [5, 5.41) is 19.7. The van der Waals surface area contributed by atoms with Gasteiger partial charge < -0.3 is 19.7 Å². The van der Waals surface area contributed by atoms with E-state index in [0.717, 1.165) is 17.3 Å². The zero-order valence-corrected chi connectivity index (χ0v) is 18.7. The van der Waals surface area contributed by atoms with E-state index in [1.807, 2.05) is 0 Å². The van der Waals surface area contributed by atoms with Gasteiger partial charge in [-0.05, 0) is 37.6 Å². The van der Waals surface area contributed by atoms with Crippen LogP contribution in [-0.4, -0.2) is 46.3 Å². The topological polar surface area (TPSA) is 122 Å². The summed E-state index contributed by atoms with van der Waals surface area (Å²) in [7, 11) is 0. The first-order valence-corrected chi connectivity index (χ1v) is 10.8. The molecule has 0 saturated heterocycles. The minimum absolute atomic E-state index is 0.00869. The Morgan fingerprint density at radius 3 is 2.48 bits per heavy atom. The van der Waals surface area contributed by atoms with Crippen LogP contribution in [0.5, 0.6) is 5.75 Å². The lowest BCUT2D eigenvalue weighted by Crippen LogP contribution is -2.14. The van der Waals surface area contributed by atoms with E-state index in [1.54, 1.807) is 62.4 Å². The molecule has 1 aliphatic rings. The van der Waals surface area contributed by atoms with Crippen molar-refractivity contribution in [2.45, 2.75) is 13.8 Å². The predicted octanol–water partition coefficient (Wildman–Crippen LogP) is 4.16. The SMILES string of the molecule is CCOC(=O)C1=C(O)/C(=C/c2ccccc2OCC(=O)O)SC1=NC(=O)c1ccccc1C. The van der Waals surface area contributed by atoms with Gasteiger partial charge in [0.2, 0.25) is 0 Å². The number of aliphatic carboxylic acids is 1. The third-order valence-electron chi connectivity index (χ3n) is 4.51. The number of esters is 1. The van der Waals surface area contributed by atoms with Crippen molar-refractivity contribution in [2.24, 2.45) is 4.99 Å². The number of aliphatic hydroxyl groups is 1. The van der Waals surface area contributed by atoms with E-state index in [-0.39, 0.29) is 33.6 Å². The number of carbonyl (C=O) groups excluding carboxylic acids is 2. The second-order valence-electron chi connectivity index (χ2n) is 6.81. The maximum absolute atomic E-state index is 12.8. The van der Waals surface area contributed by atoms with E-state index in [9.17, 15) is 19.5 Å². The van der Waals surface area contributed by atoms with Crippen LogP contribution in [0.25, 0.3) is 6.08 Å². The van der Waals surface area contributed by atoms with Crippen LogP contribution in [0.1, 0.15) is 28.4 Å². The second kappa shape index (κ2) is 10.6. The van der Waals surface area contributed by atoms with Crippen LogP contribution in [0.2, 0.25) is 0 Å². The first kappa shape index (κ1) is 23.8. The first-order valence-electron chi connectivity index (χ1n) is 9.94. The number of aliphatic hydroxyl groups excluding tert-OH is 1. The number of carboxylic acids is 1. The fourth-order valence-electron chi connectivity index (χ4n) is 2.97. The summed E-state index contributed by atoms with van der Waals surface area (Å²) in [6, 6.07) is 13.5. The van der Waals surface area contributed by atoms with Crippen molar-refractivity contribution >= 4 is 40.7 Å². The molecule has 2 N–H and O–H groups in total. The number of ether oxygens (including phenoxy) is 2. The number of thioether (sulfide) groups is 1. The monoisotopic (exact) mass is 467 g/mol. The fraction of sp³-hybridized carbons (Fsp3) is 0.167. The molecule has 33 heavy (non-hydrogen) atoms. The number of aliphatic imine (C=N–C) groups is 1. The highest BCUT2D eigenvalue weighted by Crippen LogP contribution is 2.40. The number of carbonyl (C=O) groups is 3. The van der Waals surface area contributed by atoms with Crippen LogP contribution in [0.3, 0.4) is 0 Å². The molecule has 1 aliphatic heterocycles. The number of hydrogen-bond donors (Lipinski definition) is 2. The van der Waals surface area contributed by atoms with Gasteiger partial charge in [-0.25, -0.2) is 14.6 Å². The van der Waals surface area contributed by atoms with Gasteiger partial charge in [0.25, 0.3) is 5.91 Å². The molecule has 2 aromatic rings. The van der Waals surface area contributed by atoms with Crippen LogP contribution in [0.4, 0.5) is 0 Å². The summed E-state index contributed by atoms with van der Waals surface area (Å²) in [6.45, 7) is 2.93. The fourth-order valence-corrected chi connectivity index (χ4v) is 3.97. The summed E-state index contributed by atoms with van der Waals surface area (Å²) in [6.07, 6.45) is 1.52. The van der Waals surface area contributed by atoms with Crippen LogP contribution >= 0.6 is 11.8 Å². The highest BCUT2D eigenvalue weighted by Gasteiger charge is 2.34. The second-order valence-corrected chi connectivity index (χ2v) is 7.84. The van der Waals surface area contributed by atoms with E-state index in [1.165, 1.54) is 6.08 Å². The average molecular weight is 467 g/mol. The average Bonchev–Trinajstić information content (AvgIpc) is 3.08. The normalized spacial score (nSPS) is 15.7. The van der Waals surface area contributed by atoms with E-state index in [4.69, 9.17) is 14.6 Å². The standard InChI is InChI=1S/C24H21NO7S/c1-3-31-24(30)20-21(28)18(12-15-9-5-7-11-17(15)32-13-19(26)27)33-23(20)25-22(29)16-10-6-4-8-14(16)2/h4-12,28H,3,13H2,1-2H3,(H,26,27)/b18-12-,25-23?. The molecule has 1 heterocycles. The number of rotatable bonds is 7. The Bertz CT molecular complexity index is 1200. The zero-order valence-electron chi connectivity index (χ0n) is 17.9. The number of amides is 1. The summed E-state index contributed by atoms with van der Waals surface area (Å²) in [5.41, 5.74) is 1.36.